The topological polar surface area (TPSA) is 112 Å². The fraction of sp³-hybridized carbons (Fsp3) is 0.0667. The van der Waals surface area contributed by atoms with Gasteiger partial charge in [0.05, 0.1) is 16.2 Å². The molecule has 3 rings (SSSR count). The number of nitro groups is 1. The average molecular weight is 342 g/mol. The molecular formula is C15H10N4O4S. The lowest BCUT2D eigenvalue weighted by molar-refractivity contribution is -0.384. The van der Waals surface area contributed by atoms with Gasteiger partial charge < -0.3 is 4.42 Å². The molecule has 0 fully saturated rings. The van der Waals surface area contributed by atoms with Gasteiger partial charge in [0.2, 0.25) is 5.89 Å². The summed E-state index contributed by atoms with van der Waals surface area (Å²) in [5.74, 6) is 0.0915. The summed E-state index contributed by atoms with van der Waals surface area (Å²) in [6.45, 7) is 0. The van der Waals surface area contributed by atoms with Crippen molar-refractivity contribution in [2.75, 3.05) is 5.75 Å². The van der Waals surface area contributed by atoms with E-state index in [1.165, 1.54) is 24.3 Å². The van der Waals surface area contributed by atoms with E-state index < -0.39 is 4.92 Å². The third kappa shape index (κ3) is 3.63. The number of ketones is 1. The Kier molecular flexibility index (Phi) is 4.62. The van der Waals surface area contributed by atoms with Crippen LogP contribution in [-0.4, -0.2) is 31.6 Å². The first kappa shape index (κ1) is 15.8. The molecule has 2 aromatic heterocycles. The zero-order valence-electron chi connectivity index (χ0n) is 12.2. The Bertz CT molecular complexity index is 882. The van der Waals surface area contributed by atoms with Crippen LogP contribution in [0.2, 0.25) is 0 Å². The van der Waals surface area contributed by atoms with E-state index in [1.54, 1.807) is 24.5 Å². The first-order valence-corrected chi connectivity index (χ1v) is 7.76. The van der Waals surface area contributed by atoms with Gasteiger partial charge in [-0.1, -0.05) is 23.9 Å². The van der Waals surface area contributed by atoms with Crippen molar-refractivity contribution in [1.29, 1.82) is 0 Å². The second kappa shape index (κ2) is 7.01. The van der Waals surface area contributed by atoms with E-state index in [0.717, 1.165) is 11.8 Å². The van der Waals surface area contributed by atoms with Gasteiger partial charge in [0.15, 0.2) is 5.78 Å². The number of nitro benzene ring substituents is 1. The van der Waals surface area contributed by atoms with Crippen LogP contribution in [0.3, 0.4) is 0 Å². The Balaban J connectivity index is 1.66. The number of rotatable bonds is 6. The van der Waals surface area contributed by atoms with Gasteiger partial charge in [0, 0.05) is 30.1 Å². The van der Waals surface area contributed by atoms with Gasteiger partial charge in [0.1, 0.15) is 0 Å². The van der Waals surface area contributed by atoms with Crippen molar-refractivity contribution in [3.63, 3.8) is 0 Å². The molecule has 0 saturated heterocycles. The summed E-state index contributed by atoms with van der Waals surface area (Å²) in [4.78, 5) is 26.3. The van der Waals surface area contributed by atoms with Crippen LogP contribution in [0.15, 0.2) is 58.4 Å². The molecule has 0 saturated carbocycles. The van der Waals surface area contributed by atoms with E-state index in [9.17, 15) is 14.9 Å². The summed E-state index contributed by atoms with van der Waals surface area (Å²) in [5.41, 5.74) is 0.827. The van der Waals surface area contributed by atoms with Gasteiger partial charge in [-0.05, 0) is 12.1 Å². The number of carbonyl (C=O) groups is 1. The molecule has 0 unspecified atom stereocenters. The van der Waals surface area contributed by atoms with Crippen LogP contribution < -0.4 is 0 Å². The molecule has 9 heteroatoms. The normalized spacial score (nSPS) is 10.5. The van der Waals surface area contributed by atoms with Crippen molar-refractivity contribution in [1.82, 2.24) is 15.2 Å². The van der Waals surface area contributed by atoms with Gasteiger partial charge in [-0.25, -0.2) is 0 Å². The Hall–Kier alpha value is -3.07. The number of Topliss-reactive ketones (excluding diaryl/α,β-unsaturated/α-hetero) is 1. The lowest BCUT2D eigenvalue weighted by Gasteiger charge is -1.99. The summed E-state index contributed by atoms with van der Waals surface area (Å²) >= 11 is 1.07. The zero-order valence-corrected chi connectivity index (χ0v) is 13.0. The smallest absolute Gasteiger partial charge is 0.277 e. The highest BCUT2D eigenvalue weighted by Gasteiger charge is 2.14. The second-order valence-corrected chi connectivity index (χ2v) is 5.56. The SMILES string of the molecule is O=C(CSc1nnc(-c2cccnc2)o1)c1cccc([N+](=O)[O-])c1. The predicted molar refractivity (Wildman–Crippen MR) is 85.7 cm³/mol. The molecule has 0 radical (unpaired) electrons. The monoisotopic (exact) mass is 342 g/mol. The van der Waals surface area contributed by atoms with E-state index in [1.807, 2.05) is 0 Å². The van der Waals surface area contributed by atoms with Crippen LogP contribution in [0.5, 0.6) is 0 Å². The molecule has 1 aromatic carbocycles. The van der Waals surface area contributed by atoms with Gasteiger partial charge in [0.25, 0.3) is 10.9 Å². The van der Waals surface area contributed by atoms with E-state index in [0.29, 0.717) is 11.5 Å². The quantitative estimate of drug-likeness (QED) is 0.291. The number of thioether (sulfide) groups is 1. The Morgan fingerprint density at radius 3 is 2.88 bits per heavy atom. The molecule has 0 aliphatic heterocycles. The zero-order chi connectivity index (χ0) is 16.9. The van der Waals surface area contributed by atoms with Crippen molar-refractivity contribution in [2.45, 2.75) is 5.22 Å². The number of carbonyl (C=O) groups excluding carboxylic acids is 1. The summed E-state index contributed by atoms with van der Waals surface area (Å²) in [6.07, 6.45) is 3.23. The highest BCUT2D eigenvalue weighted by Crippen LogP contribution is 2.23. The molecule has 3 aromatic rings. The summed E-state index contributed by atoms with van der Waals surface area (Å²) < 4.78 is 5.46. The lowest BCUT2D eigenvalue weighted by Crippen LogP contribution is -2.03. The van der Waals surface area contributed by atoms with Gasteiger partial charge >= 0.3 is 0 Å². The molecule has 8 nitrogen and oxygen atoms in total. The van der Waals surface area contributed by atoms with Crippen molar-refractivity contribution in [3.05, 3.63) is 64.5 Å². The van der Waals surface area contributed by atoms with Crippen LogP contribution in [0.4, 0.5) is 5.69 Å². The third-order valence-corrected chi connectivity index (χ3v) is 3.84. The summed E-state index contributed by atoms with van der Waals surface area (Å²) in [7, 11) is 0. The minimum atomic E-state index is -0.540. The highest BCUT2D eigenvalue weighted by molar-refractivity contribution is 7.99. The summed E-state index contributed by atoms with van der Waals surface area (Å²) in [5, 5.41) is 18.7. The van der Waals surface area contributed by atoms with Gasteiger partial charge in [-0.3, -0.25) is 19.9 Å². The fourth-order valence-electron chi connectivity index (χ4n) is 1.88. The largest absolute Gasteiger partial charge is 0.411 e. The molecule has 2 heterocycles. The van der Waals surface area contributed by atoms with Crippen LogP contribution in [0.1, 0.15) is 10.4 Å². The van der Waals surface area contributed by atoms with Crippen molar-refractivity contribution < 1.29 is 14.1 Å². The number of non-ortho nitro benzene ring substituents is 1. The molecule has 0 amide bonds. The third-order valence-electron chi connectivity index (χ3n) is 3.02. The lowest BCUT2D eigenvalue weighted by atomic mass is 10.1. The van der Waals surface area contributed by atoms with E-state index in [-0.39, 0.29) is 28.0 Å². The minimum Gasteiger partial charge on any atom is -0.411 e. The first-order chi connectivity index (χ1) is 11.6. The number of pyridine rings is 1. The fourth-order valence-corrected chi connectivity index (χ4v) is 2.54. The average Bonchev–Trinajstić information content (AvgIpc) is 3.09. The second-order valence-electron chi connectivity index (χ2n) is 4.63. The molecule has 0 aliphatic carbocycles. The highest BCUT2D eigenvalue weighted by atomic mass is 32.2. The molecular weight excluding hydrogens is 332 g/mol. The van der Waals surface area contributed by atoms with Crippen molar-refractivity contribution >= 4 is 23.2 Å². The molecule has 120 valence electrons. The van der Waals surface area contributed by atoms with Gasteiger partial charge in [-0.15, -0.1) is 10.2 Å². The Morgan fingerprint density at radius 1 is 1.25 bits per heavy atom. The number of hydrogen-bond donors (Lipinski definition) is 0. The minimum absolute atomic E-state index is 0.0375. The molecule has 0 atom stereocenters. The maximum Gasteiger partial charge on any atom is 0.277 e. The number of hydrogen-bond acceptors (Lipinski definition) is 8. The Labute approximate surface area is 140 Å². The van der Waals surface area contributed by atoms with Crippen LogP contribution in [0, 0.1) is 10.1 Å². The number of nitrogens with zero attached hydrogens (tertiary/aromatic N) is 4. The maximum atomic E-state index is 12.1. The number of benzene rings is 1. The maximum absolute atomic E-state index is 12.1. The first-order valence-electron chi connectivity index (χ1n) is 6.78. The predicted octanol–water partition coefficient (Wildman–Crippen LogP) is 3.01. The molecule has 0 N–H and O–H groups in total. The molecule has 24 heavy (non-hydrogen) atoms. The van der Waals surface area contributed by atoms with Crippen molar-refractivity contribution in [3.8, 4) is 11.5 Å². The van der Waals surface area contributed by atoms with E-state index in [2.05, 4.69) is 15.2 Å². The van der Waals surface area contributed by atoms with E-state index >= 15 is 0 Å². The van der Waals surface area contributed by atoms with Crippen molar-refractivity contribution in [2.24, 2.45) is 0 Å². The van der Waals surface area contributed by atoms with E-state index in [4.69, 9.17) is 4.42 Å². The molecule has 0 bridgehead atoms. The summed E-state index contributed by atoms with van der Waals surface area (Å²) in [6, 6.07) is 9.12. The molecule has 0 aliphatic rings. The standard InChI is InChI=1S/C15H10N4O4S/c20-13(10-3-1-5-12(7-10)19(21)22)9-24-15-18-17-14(23-15)11-4-2-6-16-8-11/h1-8H,9H2. The number of aromatic nitrogens is 3. The van der Waals surface area contributed by atoms with Crippen LogP contribution >= 0.6 is 11.8 Å². The van der Waals surface area contributed by atoms with Gasteiger partial charge in [-0.2, -0.15) is 0 Å². The van der Waals surface area contributed by atoms with Crippen LogP contribution in [0.25, 0.3) is 11.5 Å². The molecule has 0 spiro atoms. The van der Waals surface area contributed by atoms with Crippen LogP contribution in [-0.2, 0) is 0 Å². The Morgan fingerprint density at radius 2 is 2.12 bits per heavy atom.